The van der Waals surface area contributed by atoms with E-state index < -0.39 is 23.9 Å². The molecule has 0 aliphatic carbocycles. The molecule has 6 heteroatoms. The average molecular weight is 158 g/mol. The van der Waals surface area contributed by atoms with E-state index in [1.54, 1.807) is 15.7 Å². The van der Waals surface area contributed by atoms with Gasteiger partial charge in [-0.05, 0) is 0 Å². The second-order valence-corrected chi connectivity index (χ2v) is 3.47. The van der Waals surface area contributed by atoms with Crippen molar-refractivity contribution in [1.82, 2.24) is 0 Å². The van der Waals surface area contributed by atoms with Gasteiger partial charge < -0.3 is 20.1 Å². The fraction of sp³-hybridized carbons (Fsp3) is 1.00. The topological polar surface area (TPSA) is 69.9 Å². The Hall–Kier alpha value is -0.0301. The Balaban J connectivity index is 2.60. The van der Waals surface area contributed by atoms with E-state index in [4.69, 9.17) is 9.84 Å². The van der Waals surface area contributed by atoms with Crippen molar-refractivity contribution in [3.63, 3.8) is 0 Å². The highest BCUT2D eigenvalue weighted by molar-refractivity contribution is 6.39. The summed E-state index contributed by atoms with van der Waals surface area (Å²) < 4.78 is 4.89. The molecular weight excluding hydrogens is 146 g/mol. The summed E-state index contributed by atoms with van der Waals surface area (Å²) in [7, 11) is 3.08. The molecule has 0 bridgehead atoms. The Morgan fingerprint density at radius 3 is 2.09 bits per heavy atom. The first kappa shape index (κ1) is 9.06. The second-order valence-electron chi connectivity index (χ2n) is 3.47. The van der Waals surface area contributed by atoms with Crippen LogP contribution in [0.5, 0.6) is 0 Å². The highest BCUT2D eigenvalue weighted by Crippen LogP contribution is 2.23. The van der Waals surface area contributed by atoms with Crippen LogP contribution in [-0.2, 0) is 4.74 Å². The molecule has 1 fully saturated rings. The third kappa shape index (κ3) is 1.96. The Morgan fingerprint density at radius 1 is 1.36 bits per heavy atom. The fourth-order valence-corrected chi connectivity index (χ4v) is 1.28. The molecule has 0 spiro atoms. The summed E-state index contributed by atoms with van der Waals surface area (Å²) in [6, 6.07) is 0. The molecule has 0 radical (unpaired) electrons. The summed E-state index contributed by atoms with van der Waals surface area (Å²) in [6.45, 7) is 0. The minimum absolute atomic E-state index is 0.175. The van der Waals surface area contributed by atoms with E-state index in [9.17, 15) is 10.2 Å². The highest BCUT2D eigenvalue weighted by atomic mass is 16.6. The van der Waals surface area contributed by atoms with Gasteiger partial charge >= 0.3 is 0 Å². The smallest absolute Gasteiger partial charge is 0.157 e. The molecule has 0 aromatic heterocycles. The van der Waals surface area contributed by atoms with Crippen LogP contribution in [0.3, 0.4) is 0 Å². The molecule has 1 heterocycles. The third-order valence-electron chi connectivity index (χ3n) is 1.79. The van der Waals surface area contributed by atoms with Gasteiger partial charge in [0.15, 0.2) is 6.29 Å². The van der Waals surface area contributed by atoms with E-state index in [1.807, 2.05) is 0 Å². The van der Waals surface area contributed by atoms with Crippen LogP contribution in [0.25, 0.3) is 0 Å². The van der Waals surface area contributed by atoms with Crippen LogP contribution in [0.4, 0.5) is 0 Å². The maximum Gasteiger partial charge on any atom is 0.157 e. The molecule has 0 amide bonds. The quantitative estimate of drug-likeness (QED) is 0.344. The molecule has 0 aromatic carbocycles. The van der Waals surface area contributed by atoms with Crippen LogP contribution >= 0.6 is 0 Å². The lowest BCUT2D eigenvalue weighted by atomic mass is 9.61. The first-order valence-electron chi connectivity index (χ1n) is 3.65. The Labute approximate surface area is 67.0 Å². The van der Waals surface area contributed by atoms with E-state index in [-0.39, 0.29) is 6.42 Å². The van der Waals surface area contributed by atoms with Crippen molar-refractivity contribution in [2.45, 2.75) is 30.3 Å². The lowest BCUT2D eigenvalue weighted by Crippen LogP contribution is -2.48. The Bertz CT molecular complexity index is 146. The van der Waals surface area contributed by atoms with Crippen LogP contribution in [0, 0.1) is 0 Å². The van der Waals surface area contributed by atoms with Crippen molar-refractivity contribution in [1.29, 1.82) is 0 Å². The van der Waals surface area contributed by atoms with Gasteiger partial charge in [-0.2, -0.15) is 0 Å². The van der Waals surface area contributed by atoms with Gasteiger partial charge in [0.2, 0.25) is 0 Å². The monoisotopic (exact) mass is 158 g/mol. The zero-order valence-electron chi connectivity index (χ0n) is 6.69. The molecule has 0 saturated carbocycles. The molecule has 0 unspecified atom stereocenters. The lowest BCUT2D eigenvalue weighted by molar-refractivity contribution is -0.123. The minimum Gasteiger partial charge on any atom is -0.405 e. The maximum absolute atomic E-state index is 9.41. The number of aliphatic hydroxyl groups is 3. The number of aliphatic hydroxyl groups excluding tert-OH is 2. The largest absolute Gasteiger partial charge is 0.405 e. The van der Waals surface area contributed by atoms with E-state index in [0.29, 0.717) is 0 Å². The zero-order chi connectivity index (χ0) is 8.65. The SMILES string of the molecule is BC(B)(O)[C@H]1O[C@@H](O)C[C@H]1O. The van der Waals surface area contributed by atoms with Gasteiger partial charge in [0.25, 0.3) is 0 Å². The van der Waals surface area contributed by atoms with Gasteiger partial charge in [-0.3, -0.25) is 0 Å². The molecule has 1 saturated heterocycles. The normalized spacial score (nSPS) is 39.4. The molecule has 62 valence electrons. The molecule has 1 rings (SSSR count). The predicted octanol–water partition coefficient (Wildman–Crippen LogP) is -3.63. The lowest BCUT2D eigenvalue weighted by Gasteiger charge is -2.27. The number of hydrogen-bond donors (Lipinski definition) is 3. The molecule has 1 aliphatic rings. The standard InChI is InChI=1S/C5H12B2O4/c6-5(7,10)4-2(8)1-3(9)11-4/h2-4,8-10H,1,6-7H2/t2-,3-,4+/m1/s1. The third-order valence-corrected chi connectivity index (χ3v) is 1.79. The van der Waals surface area contributed by atoms with Gasteiger partial charge in [-0.15, -0.1) is 0 Å². The van der Waals surface area contributed by atoms with Gasteiger partial charge in [0, 0.05) is 11.8 Å². The number of hydrogen-bond acceptors (Lipinski definition) is 4. The van der Waals surface area contributed by atoms with Crippen LogP contribution in [0.1, 0.15) is 6.42 Å². The van der Waals surface area contributed by atoms with E-state index >= 15 is 0 Å². The molecular formula is C5H12B2O4. The van der Waals surface area contributed by atoms with Crippen molar-refractivity contribution >= 4 is 15.7 Å². The molecule has 1 aliphatic heterocycles. The number of rotatable bonds is 1. The van der Waals surface area contributed by atoms with Crippen LogP contribution < -0.4 is 0 Å². The van der Waals surface area contributed by atoms with E-state index in [0.717, 1.165) is 0 Å². The summed E-state index contributed by atoms with van der Waals surface area (Å²) >= 11 is 0. The van der Waals surface area contributed by atoms with Gasteiger partial charge in [-0.25, -0.2) is 0 Å². The summed E-state index contributed by atoms with van der Waals surface area (Å²) in [5.74, 6) is 0. The molecule has 4 nitrogen and oxygen atoms in total. The fourth-order valence-electron chi connectivity index (χ4n) is 1.28. The van der Waals surface area contributed by atoms with Crippen molar-refractivity contribution in [3.8, 4) is 0 Å². The number of ether oxygens (including phenoxy) is 1. The van der Waals surface area contributed by atoms with Crippen LogP contribution in [-0.4, -0.2) is 54.9 Å². The molecule has 11 heavy (non-hydrogen) atoms. The summed E-state index contributed by atoms with van der Waals surface area (Å²) in [4.78, 5) is 0. The molecule has 3 atom stereocenters. The maximum atomic E-state index is 9.41. The minimum atomic E-state index is -1.10. The second kappa shape index (κ2) is 2.79. The van der Waals surface area contributed by atoms with Crippen LogP contribution in [0.2, 0.25) is 0 Å². The van der Waals surface area contributed by atoms with Gasteiger partial charge in [-0.1, -0.05) is 0 Å². The zero-order valence-corrected chi connectivity index (χ0v) is 6.69. The van der Waals surface area contributed by atoms with Crippen molar-refractivity contribution in [2.75, 3.05) is 0 Å². The van der Waals surface area contributed by atoms with Crippen molar-refractivity contribution in [2.24, 2.45) is 0 Å². The summed E-state index contributed by atoms with van der Waals surface area (Å²) in [5, 5.41) is 26.5. The van der Waals surface area contributed by atoms with Gasteiger partial charge in [0.05, 0.1) is 12.2 Å². The van der Waals surface area contributed by atoms with E-state index in [2.05, 4.69) is 0 Å². The van der Waals surface area contributed by atoms with Gasteiger partial charge in [0.1, 0.15) is 15.7 Å². The first-order chi connectivity index (χ1) is 4.91. The van der Waals surface area contributed by atoms with E-state index in [1.165, 1.54) is 0 Å². The summed E-state index contributed by atoms with van der Waals surface area (Å²) in [6.07, 6.45) is -2.22. The molecule has 3 N–H and O–H groups in total. The predicted molar refractivity (Wildman–Crippen MR) is 43.5 cm³/mol. The van der Waals surface area contributed by atoms with Crippen molar-refractivity contribution in [3.05, 3.63) is 0 Å². The van der Waals surface area contributed by atoms with Crippen molar-refractivity contribution < 1.29 is 20.1 Å². The van der Waals surface area contributed by atoms with Crippen LogP contribution in [0.15, 0.2) is 0 Å². The molecule has 0 aromatic rings. The Kier molecular flexibility index (Phi) is 2.29. The Morgan fingerprint density at radius 2 is 1.91 bits per heavy atom. The first-order valence-corrected chi connectivity index (χ1v) is 3.65. The summed E-state index contributed by atoms with van der Waals surface area (Å²) in [5.41, 5.74) is 0. The average Bonchev–Trinajstić information content (AvgIpc) is 2.08. The highest BCUT2D eigenvalue weighted by Gasteiger charge is 2.41.